The Morgan fingerprint density at radius 3 is 2.47 bits per heavy atom. The number of aromatic nitrogens is 1. The normalized spacial score (nSPS) is 12.1. The van der Waals surface area contributed by atoms with E-state index in [2.05, 4.69) is 25.8 Å². The zero-order valence-corrected chi connectivity index (χ0v) is 11.8. The van der Waals surface area contributed by atoms with Gasteiger partial charge in [0.1, 0.15) is 6.20 Å². The third-order valence-electron chi connectivity index (χ3n) is 2.36. The van der Waals surface area contributed by atoms with Crippen LogP contribution in [0.1, 0.15) is 25.0 Å². The van der Waals surface area contributed by atoms with Crippen LogP contribution in [0.3, 0.4) is 0 Å². The Bertz CT molecular complexity index is 541. The number of hydrogen-bond acceptors (Lipinski definition) is 2. The molecule has 0 aliphatic rings. The van der Waals surface area contributed by atoms with E-state index in [1.807, 2.05) is 0 Å². The minimum Gasteiger partial charge on any atom is -0.360 e. The van der Waals surface area contributed by atoms with Crippen molar-refractivity contribution in [2.45, 2.75) is 30.8 Å². The molecule has 0 amide bonds. The van der Waals surface area contributed by atoms with Gasteiger partial charge >= 0.3 is 6.18 Å². The van der Waals surface area contributed by atoms with Crippen LogP contribution in [0.2, 0.25) is 0 Å². The molecule has 3 nitrogen and oxygen atoms in total. The van der Waals surface area contributed by atoms with Crippen LogP contribution in [0.25, 0.3) is 4.85 Å². The maximum atomic E-state index is 12.7. The Morgan fingerprint density at radius 1 is 1.47 bits per heavy atom. The summed E-state index contributed by atoms with van der Waals surface area (Å²) in [4.78, 5) is 17.9. The highest BCUT2D eigenvalue weighted by Crippen LogP contribution is 2.35. The summed E-state index contributed by atoms with van der Waals surface area (Å²) in [6.07, 6.45) is -3.71. The fourth-order valence-corrected chi connectivity index (χ4v) is 1.43. The van der Waals surface area contributed by atoms with E-state index in [1.165, 1.54) is 0 Å². The van der Waals surface area contributed by atoms with Crippen molar-refractivity contribution in [2.75, 3.05) is 0 Å². The van der Waals surface area contributed by atoms with Crippen LogP contribution in [-0.4, -0.2) is 15.1 Å². The van der Waals surface area contributed by atoms with Crippen LogP contribution in [0.4, 0.5) is 19.0 Å². The topological polar surface area (TPSA) is 34.3 Å². The molecular weight excluding hydrogens is 325 g/mol. The van der Waals surface area contributed by atoms with Gasteiger partial charge in [-0.3, -0.25) is 4.79 Å². The average molecular weight is 335 g/mol. The summed E-state index contributed by atoms with van der Waals surface area (Å²) in [5.74, 6) is -0.972. The van der Waals surface area contributed by atoms with E-state index in [-0.39, 0.29) is 17.8 Å². The molecule has 0 saturated carbocycles. The highest BCUT2D eigenvalue weighted by atomic mass is 79.9. The highest BCUT2D eigenvalue weighted by Gasteiger charge is 2.35. The van der Waals surface area contributed by atoms with E-state index >= 15 is 0 Å². The number of nitrogens with zero attached hydrogens (tertiary/aromatic N) is 2. The van der Waals surface area contributed by atoms with Gasteiger partial charge in [0.25, 0.3) is 5.82 Å². The van der Waals surface area contributed by atoms with E-state index in [9.17, 15) is 18.0 Å². The SMILES string of the molecule is [C-]#[N+]c1ncc(CC(=O)C(C)(C)Br)cc1C(F)(F)F. The Balaban J connectivity index is 3.14. The largest absolute Gasteiger partial charge is 0.409 e. The second kappa shape index (κ2) is 5.29. The van der Waals surface area contributed by atoms with Gasteiger partial charge in [-0.05, 0) is 13.8 Å². The maximum Gasteiger partial charge on any atom is 0.409 e. The molecule has 0 aromatic carbocycles. The standard InChI is InChI=1S/C12H10BrF3N2O/c1-11(2,13)9(19)5-7-4-8(12(14,15)16)10(17-3)18-6-7/h4,6H,5H2,1-2H3. The lowest BCUT2D eigenvalue weighted by atomic mass is 10.0. The lowest BCUT2D eigenvalue weighted by Gasteiger charge is -2.14. The van der Waals surface area contributed by atoms with Crippen molar-refractivity contribution >= 4 is 27.5 Å². The van der Waals surface area contributed by atoms with Crippen molar-refractivity contribution in [3.63, 3.8) is 0 Å². The van der Waals surface area contributed by atoms with Gasteiger partial charge < -0.3 is 4.85 Å². The van der Waals surface area contributed by atoms with Crippen molar-refractivity contribution in [1.29, 1.82) is 0 Å². The molecule has 1 aromatic rings. The van der Waals surface area contributed by atoms with Crippen molar-refractivity contribution in [3.05, 3.63) is 34.8 Å². The summed E-state index contributed by atoms with van der Waals surface area (Å²) in [6.45, 7) is 9.89. The zero-order chi connectivity index (χ0) is 14.8. The Hall–Kier alpha value is -1.42. The summed E-state index contributed by atoms with van der Waals surface area (Å²) >= 11 is 3.15. The molecule has 0 spiro atoms. The molecule has 1 heterocycles. The zero-order valence-electron chi connectivity index (χ0n) is 10.2. The van der Waals surface area contributed by atoms with Crippen LogP contribution in [0, 0.1) is 6.57 Å². The first-order chi connectivity index (χ1) is 8.55. The minimum absolute atomic E-state index is 0.136. The van der Waals surface area contributed by atoms with E-state index in [4.69, 9.17) is 6.57 Å². The highest BCUT2D eigenvalue weighted by molar-refractivity contribution is 9.10. The van der Waals surface area contributed by atoms with Crippen LogP contribution >= 0.6 is 15.9 Å². The number of alkyl halides is 4. The lowest BCUT2D eigenvalue weighted by Crippen LogP contribution is -2.26. The van der Waals surface area contributed by atoms with Crippen LogP contribution in [0.15, 0.2) is 12.3 Å². The number of rotatable bonds is 3. The number of halogens is 4. The van der Waals surface area contributed by atoms with Crippen LogP contribution in [-0.2, 0) is 17.4 Å². The first-order valence-electron chi connectivity index (χ1n) is 5.21. The molecule has 0 atom stereocenters. The summed E-state index contributed by atoms with van der Waals surface area (Å²) in [6, 6.07) is 0.803. The molecule has 102 valence electrons. The number of hydrogen-bond donors (Lipinski definition) is 0. The van der Waals surface area contributed by atoms with Crippen molar-refractivity contribution in [1.82, 2.24) is 4.98 Å². The molecular formula is C12H10BrF3N2O. The molecule has 0 saturated heterocycles. The molecule has 1 rings (SSSR count). The number of ketones is 1. The summed E-state index contributed by atoms with van der Waals surface area (Å²) < 4.78 is 37.3. The molecule has 0 aliphatic heterocycles. The Morgan fingerprint density at radius 2 is 2.05 bits per heavy atom. The molecule has 19 heavy (non-hydrogen) atoms. The first kappa shape index (κ1) is 15.6. The number of pyridine rings is 1. The predicted molar refractivity (Wildman–Crippen MR) is 67.2 cm³/mol. The molecule has 0 N–H and O–H groups in total. The molecule has 0 unspecified atom stereocenters. The van der Waals surface area contributed by atoms with Gasteiger partial charge in [-0.2, -0.15) is 13.2 Å². The quantitative estimate of drug-likeness (QED) is 0.619. The summed E-state index contributed by atoms with van der Waals surface area (Å²) in [5.41, 5.74) is -0.975. The van der Waals surface area contributed by atoms with Crippen molar-refractivity contribution in [2.24, 2.45) is 0 Å². The molecule has 0 bridgehead atoms. The second-order valence-electron chi connectivity index (χ2n) is 4.40. The number of carbonyl (C=O) groups excluding carboxylic acids is 1. The summed E-state index contributed by atoms with van der Waals surface area (Å²) in [7, 11) is 0. The van der Waals surface area contributed by atoms with E-state index in [0.717, 1.165) is 12.3 Å². The van der Waals surface area contributed by atoms with Gasteiger partial charge in [-0.15, -0.1) is 4.98 Å². The van der Waals surface area contributed by atoms with E-state index in [1.54, 1.807) is 13.8 Å². The smallest absolute Gasteiger partial charge is 0.360 e. The van der Waals surface area contributed by atoms with Crippen molar-refractivity contribution < 1.29 is 18.0 Å². The molecule has 7 heteroatoms. The number of carbonyl (C=O) groups is 1. The first-order valence-corrected chi connectivity index (χ1v) is 6.01. The van der Waals surface area contributed by atoms with Gasteiger partial charge in [0, 0.05) is 12.0 Å². The molecule has 0 fully saturated rings. The lowest BCUT2D eigenvalue weighted by molar-refractivity contribution is -0.137. The van der Waals surface area contributed by atoms with Crippen LogP contribution < -0.4 is 0 Å². The van der Waals surface area contributed by atoms with Gasteiger partial charge in [-0.25, -0.2) is 0 Å². The second-order valence-corrected chi connectivity index (χ2v) is 6.38. The van der Waals surface area contributed by atoms with Crippen LogP contribution in [0.5, 0.6) is 0 Å². The fourth-order valence-electron chi connectivity index (χ4n) is 1.29. The molecule has 0 aliphatic carbocycles. The fraction of sp³-hybridized carbons (Fsp3) is 0.417. The third-order valence-corrected chi connectivity index (χ3v) is 2.80. The average Bonchev–Trinajstić information content (AvgIpc) is 2.26. The Kier molecular flexibility index (Phi) is 4.35. The molecule has 1 aromatic heterocycles. The van der Waals surface area contributed by atoms with Gasteiger partial charge in [0.15, 0.2) is 5.78 Å². The minimum atomic E-state index is -4.66. The van der Waals surface area contributed by atoms with Gasteiger partial charge in [0.2, 0.25) is 0 Å². The monoisotopic (exact) mass is 334 g/mol. The summed E-state index contributed by atoms with van der Waals surface area (Å²) in [5, 5.41) is 0. The van der Waals surface area contributed by atoms with E-state index < -0.39 is 21.9 Å². The van der Waals surface area contributed by atoms with Crippen molar-refractivity contribution in [3.8, 4) is 0 Å². The van der Waals surface area contributed by atoms with Gasteiger partial charge in [-0.1, -0.05) is 28.6 Å². The third kappa shape index (κ3) is 4.03. The predicted octanol–water partition coefficient (Wildman–Crippen LogP) is 3.94. The van der Waals surface area contributed by atoms with E-state index in [0.29, 0.717) is 0 Å². The Labute approximate surface area is 116 Å². The maximum absolute atomic E-state index is 12.7. The number of Topliss-reactive ketones (excluding diaryl/α,β-unsaturated/α-hetero) is 1. The van der Waals surface area contributed by atoms with Gasteiger partial charge in [0.05, 0.1) is 9.89 Å². The molecule has 0 radical (unpaired) electrons.